The van der Waals surface area contributed by atoms with Gasteiger partial charge in [0.25, 0.3) is 0 Å². The second-order valence-corrected chi connectivity index (χ2v) is 10.3. The van der Waals surface area contributed by atoms with Crippen LogP contribution in [0.25, 0.3) is 0 Å². The summed E-state index contributed by atoms with van der Waals surface area (Å²) in [5, 5.41) is 10.7. The van der Waals surface area contributed by atoms with Crippen molar-refractivity contribution in [3.05, 3.63) is 51.9 Å². The predicted molar refractivity (Wildman–Crippen MR) is 134 cm³/mol. The summed E-state index contributed by atoms with van der Waals surface area (Å²) in [7, 11) is 0. The van der Waals surface area contributed by atoms with E-state index in [1.807, 2.05) is 32.2 Å². The Bertz CT molecular complexity index is 1040. The Morgan fingerprint density at radius 1 is 1.25 bits per heavy atom. The van der Waals surface area contributed by atoms with Crippen LogP contribution in [0.4, 0.5) is 5.00 Å². The van der Waals surface area contributed by atoms with E-state index in [2.05, 4.69) is 39.5 Å². The Morgan fingerprint density at radius 3 is 2.62 bits per heavy atom. The zero-order valence-corrected chi connectivity index (χ0v) is 20.8. The Hall–Kier alpha value is -2.58. The van der Waals surface area contributed by atoms with Gasteiger partial charge in [-0.15, -0.1) is 17.9 Å². The average molecular weight is 451 g/mol. The summed E-state index contributed by atoms with van der Waals surface area (Å²) >= 11 is 1.67. The summed E-state index contributed by atoms with van der Waals surface area (Å²) in [4.78, 5) is 6.09. The number of ether oxygens (including phenoxy) is 2. The second kappa shape index (κ2) is 10.4. The molecule has 2 aromatic rings. The van der Waals surface area contributed by atoms with E-state index >= 15 is 0 Å². The van der Waals surface area contributed by atoms with E-state index in [1.165, 1.54) is 10.4 Å². The number of hydrogen-bond acceptors (Lipinski definition) is 5. The SMILES string of the molecule is C=CCc1cc(C=Nc2sc3c(c2C#N)CC[C@@H](C(C)(C)C)C3)cc(OCC)c1OCC. The molecule has 0 unspecified atom stereocenters. The van der Waals surface area contributed by atoms with Gasteiger partial charge in [0.15, 0.2) is 11.5 Å². The lowest BCUT2D eigenvalue weighted by Crippen LogP contribution is -2.26. The highest BCUT2D eigenvalue weighted by molar-refractivity contribution is 7.16. The predicted octanol–water partition coefficient (Wildman–Crippen LogP) is 7.05. The Balaban J connectivity index is 1.96. The number of allylic oxidation sites excluding steroid dienone is 1. The molecule has 4 nitrogen and oxygen atoms in total. The van der Waals surface area contributed by atoms with Gasteiger partial charge in [0.2, 0.25) is 0 Å². The smallest absolute Gasteiger partial charge is 0.164 e. The fourth-order valence-corrected chi connectivity index (χ4v) is 5.51. The van der Waals surface area contributed by atoms with Crippen LogP contribution < -0.4 is 9.47 Å². The molecule has 0 spiro atoms. The maximum Gasteiger partial charge on any atom is 0.164 e. The van der Waals surface area contributed by atoms with Gasteiger partial charge in [-0.25, -0.2) is 4.99 Å². The maximum atomic E-state index is 9.85. The molecule has 1 aromatic heterocycles. The topological polar surface area (TPSA) is 54.6 Å². The van der Waals surface area contributed by atoms with E-state index in [-0.39, 0.29) is 5.41 Å². The first-order valence-electron chi connectivity index (χ1n) is 11.4. The lowest BCUT2D eigenvalue weighted by atomic mass is 9.72. The van der Waals surface area contributed by atoms with Gasteiger partial charge in [-0.1, -0.05) is 26.8 Å². The van der Waals surface area contributed by atoms with Gasteiger partial charge in [-0.05, 0) is 74.1 Å². The van der Waals surface area contributed by atoms with Crippen LogP contribution in [-0.2, 0) is 19.3 Å². The molecule has 0 radical (unpaired) electrons. The number of fused-ring (bicyclic) bond motifs is 1. The molecule has 0 aliphatic heterocycles. The van der Waals surface area contributed by atoms with Crippen LogP contribution in [0.3, 0.4) is 0 Å². The van der Waals surface area contributed by atoms with E-state index in [0.29, 0.717) is 31.3 Å². The molecule has 0 saturated heterocycles. The number of rotatable bonds is 8. The van der Waals surface area contributed by atoms with Crippen molar-refractivity contribution in [2.75, 3.05) is 13.2 Å². The summed E-state index contributed by atoms with van der Waals surface area (Å²) in [5.74, 6) is 2.12. The molecule has 5 heteroatoms. The normalized spacial score (nSPS) is 15.9. The summed E-state index contributed by atoms with van der Waals surface area (Å²) in [6, 6.07) is 6.44. The van der Waals surface area contributed by atoms with Crippen LogP contribution >= 0.6 is 11.3 Å². The maximum absolute atomic E-state index is 9.85. The van der Waals surface area contributed by atoms with Crippen molar-refractivity contribution >= 4 is 22.6 Å². The van der Waals surface area contributed by atoms with Gasteiger partial charge in [0, 0.05) is 16.7 Å². The van der Waals surface area contributed by atoms with Gasteiger partial charge in [-0.3, -0.25) is 0 Å². The van der Waals surface area contributed by atoms with Gasteiger partial charge in [0.05, 0.1) is 18.8 Å². The molecule has 0 N–H and O–H groups in total. The summed E-state index contributed by atoms with van der Waals surface area (Å²) in [5.41, 5.74) is 4.18. The molecule has 0 bridgehead atoms. The molecule has 1 aliphatic carbocycles. The molecular formula is C27H34N2O2S. The van der Waals surface area contributed by atoms with Crippen molar-refractivity contribution in [3.8, 4) is 17.6 Å². The molecule has 170 valence electrons. The molecule has 1 aliphatic rings. The van der Waals surface area contributed by atoms with Crippen LogP contribution in [0.15, 0.2) is 29.8 Å². The number of hydrogen-bond donors (Lipinski definition) is 0. The minimum atomic E-state index is 0.275. The molecular weight excluding hydrogens is 416 g/mol. The number of thiophene rings is 1. The van der Waals surface area contributed by atoms with Crippen LogP contribution in [-0.4, -0.2) is 19.4 Å². The number of nitrogens with zero attached hydrogens (tertiary/aromatic N) is 2. The molecule has 0 fully saturated rings. The average Bonchev–Trinajstić information content (AvgIpc) is 3.11. The van der Waals surface area contributed by atoms with Gasteiger partial charge >= 0.3 is 0 Å². The Kier molecular flexibility index (Phi) is 7.79. The zero-order valence-electron chi connectivity index (χ0n) is 20.0. The van der Waals surface area contributed by atoms with Crippen molar-refractivity contribution in [2.45, 2.75) is 60.3 Å². The van der Waals surface area contributed by atoms with E-state index in [4.69, 9.17) is 14.5 Å². The van der Waals surface area contributed by atoms with Crippen molar-refractivity contribution in [3.63, 3.8) is 0 Å². The second-order valence-electron chi connectivity index (χ2n) is 9.23. The monoisotopic (exact) mass is 450 g/mol. The largest absolute Gasteiger partial charge is 0.490 e. The van der Waals surface area contributed by atoms with Crippen LogP contribution in [0, 0.1) is 22.7 Å². The first-order valence-corrected chi connectivity index (χ1v) is 12.3. The van der Waals surface area contributed by atoms with Gasteiger partial charge in [0.1, 0.15) is 11.1 Å². The fourth-order valence-electron chi connectivity index (χ4n) is 4.29. The van der Waals surface area contributed by atoms with Gasteiger partial charge in [-0.2, -0.15) is 5.26 Å². The van der Waals surface area contributed by atoms with E-state index in [0.717, 1.165) is 46.7 Å². The van der Waals surface area contributed by atoms with E-state index < -0.39 is 0 Å². The Morgan fingerprint density at radius 2 is 2.00 bits per heavy atom. The number of nitriles is 1. The highest BCUT2D eigenvalue weighted by atomic mass is 32.1. The fraction of sp³-hybridized carbons (Fsp3) is 0.481. The molecule has 0 amide bonds. The third kappa shape index (κ3) is 5.24. The van der Waals surface area contributed by atoms with Crippen molar-refractivity contribution < 1.29 is 9.47 Å². The minimum Gasteiger partial charge on any atom is -0.490 e. The molecule has 0 saturated carbocycles. The highest BCUT2D eigenvalue weighted by Crippen LogP contribution is 2.45. The quantitative estimate of drug-likeness (QED) is 0.320. The lowest BCUT2D eigenvalue weighted by molar-refractivity contribution is 0.218. The minimum absolute atomic E-state index is 0.275. The summed E-state index contributed by atoms with van der Waals surface area (Å²) in [6.45, 7) is 15.9. The summed E-state index contributed by atoms with van der Waals surface area (Å²) < 4.78 is 11.7. The third-order valence-corrected chi connectivity index (χ3v) is 7.18. The first-order chi connectivity index (χ1) is 15.3. The van der Waals surface area contributed by atoms with Crippen LogP contribution in [0.2, 0.25) is 0 Å². The third-order valence-electron chi connectivity index (χ3n) is 6.02. The zero-order chi connectivity index (χ0) is 23.3. The molecule has 1 atom stereocenters. The number of aliphatic imine (C=N–C) groups is 1. The Labute approximate surface area is 196 Å². The van der Waals surface area contributed by atoms with Crippen molar-refractivity contribution in [1.82, 2.24) is 0 Å². The van der Waals surface area contributed by atoms with Gasteiger partial charge < -0.3 is 9.47 Å². The van der Waals surface area contributed by atoms with Crippen molar-refractivity contribution in [1.29, 1.82) is 5.26 Å². The summed E-state index contributed by atoms with van der Waals surface area (Å²) in [6.07, 6.45) is 7.52. The lowest BCUT2D eigenvalue weighted by Gasteiger charge is -2.33. The van der Waals surface area contributed by atoms with E-state index in [1.54, 1.807) is 11.3 Å². The number of benzene rings is 1. The van der Waals surface area contributed by atoms with E-state index in [9.17, 15) is 5.26 Å². The molecule has 3 rings (SSSR count). The van der Waals surface area contributed by atoms with Crippen LogP contribution in [0.5, 0.6) is 11.5 Å². The highest BCUT2D eigenvalue weighted by Gasteiger charge is 2.32. The van der Waals surface area contributed by atoms with Crippen molar-refractivity contribution in [2.24, 2.45) is 16.3 Å². The standard InChI is InChI=1S/C27H34N2O2S/c1-7-10-19-13-18(14-23(30-8-2)25(19)31-9-3)17-29-26-22(16-28)21-12-11-20(27(4,5)6)15-24(21)32-26/h7,13-14,17,20H,1,8-12,15H2,2-6H3/t20-/m1/s1. The molecule has 1 heterocycles. The molecule has 32 heavy (non-hydrogen) atoms. The van der Waals surface area contributed by atoms with Crippen LogP contribution in [0.1, 0.15) is 68.2 Å². The molecule has 1 aromatic carbocycles. The first kappa shape index (κ1) is 24.1.